The Bertz CT molecular complexity index is 289. The van der Waals surface area contributed by atoms with Crippen LogP contribution in [-0.4, -0.2) is 15.5 Å². The van der Waals surface area contributed by atoms with Gasteiger partial charge in [0.15, 0.2) is 0 Å². The fourth-order valence-corrected chi connectivity index (χ4v) is 1.54. The second-order valence-electron chi connectivity index (χ2n) is 3.87. The second kappa shape index (κ2) is 2.87. The molecule has 70 valence electrons. The smallest absolute Gasteiger partial charge is 0.145 e. The predicted molar refractivity (Wildman–Crippen MR) is 52.3 cm³/mol. The van der Waals surface area contributed by atoms with Crippen LogP contribution < -0.4 is 11.1 Å². The van der Waals surface area contributed by atoms with Gasteiger partial charge in [-0.25, -0.2) is 9.97 Å². The fraction of sp³-hybridized carbons (Fsp3) is 0.556. The molecule has 1 aromatic rings. The van der Waals surface area contributed by atoms with E-state index in [2.05, 4.69) is 22.2 Å². The van der Waals surface area contributed by atoms with Gasteiger partial charge in [-0.3, -0.25) is 0 Å². The first kappa shape index (κ1) is 8.29. The number of anilines is 2. The summed E-state index contributed by atoms with van der Waals surface area (Å²) in [4.78, 5) is 8.12. The molecule has 0 aromatic carbocycles. The van der Waals surface area contributed by atoms with Crippen LogP contribution in [0, 0.1) is 0 Å². The average molecular weight is 178 g/mol. The zero-order chi connectivity index (χ0) is 9.31. The molecule has 1 saturated carbocycles. The summed E-state index contributed by atoms with van der Waals surface area (Å²) < 4.78 is 0. The van der Waals surface area contributed by atoms with Crippen LogP contribution in [0.3, 0.4) is 0 Å². The van der Waals surface area contributed by atoms with E-state index < -0.39 is 0 Å². The zero-order valence-electron chi connectivity index (χ0n) is 7.75. The normalized spacial score (nSPS) is 19.2. The van der Waals surface area contributed by atoms with Crippen molar-refractivity contribution in [3.8, 4) is 0 Å². The molecule has 3 N–H and O–H groups in total. The monoisotopic (exact) mass is 178 g/mol. The minimum Gasteiger partial charge on any atom is -0.382 e. The molecule has 0 amide bonds. The topological polar surface area (TPSA) is 63.8 Å². The molecule has 2 rings (SSSR count). The van der Waals surface area contributed by atoms with Crippen LogP contribution in [0.25, 0.3) is 0 Å². The van der Waals surface area contributed by atoms with Crippen molar-refractivity contribution < 1.29 is 0 Å². The summed E-state index contributed by atoms with van der Waals surface area (Å²) in [6, 6.07) is 0. The van der Waals surface area contributed by atoms with Gasteiger partial charge in [-0.2, -0.15) is 0 Å². The lowest BCUT2D eigenvalue weighted by Crippen LogP contribution is -2.41. The Morgan fingerprint density at radius 1 is 1.38 bits per heavy atom. The molecule has 0 radical (unpaired) electrons. The third-order valence-corrected chi connectivity index (χ3v) is 2.56. The van der Waals surface area contributed by atoms with E-state index in [0.29, 0.717) is 5.82 Å². The van der Waals surface area contributed by atoms with Gasteiger partial charge in [0.05, 0.1) is 12.4 Å². The third-order valence-electron chi connectivity index (χ3n) is 2.56. The number of rotatable bonds is 2. The highest BCUT2D eigenvalue weighted by Gasteiger charge is 2.31. The Morgan fingerprint density at radius 2 is 2.15 bits per heavy atom. The number of nitrogen functional groups attached to an aromatic ring is 1. The minimum atomic E-state index is 0.227. The van der Waals surface area contributed by atoms with Crippen molar-refractivity contribution >= 4 is 11.6 Å². The van der Waals surface area contributed by atoms with Gasteiger partial charge in [0.2, 0.25) is 0 Å². The molecule has 0 unspecified atom stereocenters. The Balaban J connectivity index is 2.05. The summed E-state index contributed by atoms with van der Waals surface area (Å²) in [6.07, 6.45) is 6.97. The number of nitrogens with one attached hydrogen (secondary N) is 1. The fourth-order valence-electron chi connectivity index (χ4n) is 1.54. The summed E-state index contributed by atoms with van der Waals surface area (Å²) >= 11 is 0. The lowest BCUT2D eigenvalue weighted by Gasteiger charge is -2.39. The Labute approximate surface area is 77.6 Å². The first-order chi connectivity index (χ1) is 6.18. The molecule has 4 nitrogen and oxygen atoms in total. The molecule has 1 fully saturated rings. The van der Waals surface area contributed by atoms with E-state index in [9.17, 15) is 0 Å². The molecule has 1 aliphatic carbocycles. The van der Waals surface area contributed by atoms with Crippen molar-refractivity contribution in [2.24, 2.45) is 0 Å². The van der Waals surface area contributed by atoms with E-state index in [-0.39, 0.29) is 5.54 Å². The van der Waals surface area contributed by atoms with Gasteiger partial charge in [0.25, 0.3) is 0 Å². The predicted octanol–water partition coefficient (Wildman–Crippen LogP) is 1.41. The molecule has 0 atom stereocenters. The lowest BCUT2D eigenvalue weighted by molar-refractivity contribution is 0.305. The molecule has 0 bridgehead atoms. The largest absolute Gasteiger partial charge is 0.382 e. The van der Waals surface area contributed by atoms with E-state index in [0.717, 1.165) is 5.82 Å². The van der Waals surface area contributed by atoms with Crippen LogP contribution in [0.2, 0.25) is 0 Å². The highest BCUT2D eigenvalue weighted by Crippen LogP contribution is 2.33. The number of nitrogens with two attached hydrogens (primary N) is 1. The molecule has 1 aromatic heterocycles. The molecule has 0 spiro atoms. The SMILES string of the molecule is CC1(Nc2cnc(N)cn2)CCC1. The highest BCUT2D eigenvalue weighted by atomic mass is 15.1. The van der Waals surface area contributed by atoms with Crippen molar-refractivity contribution in [3.05, 3.63) is 12.4 Å². The third kappa shape index (κ3) is 1.71. The average Bonchev–Trinajstić information content (AvgIpc) is 2.06. The van der Waals surface area contributed by atoms with Crippen LogP contribution in [0.1, 0.15) is 26.2 Å². The van der Waals surface area contributed by atoms with E-state index in [1.807, 2.05) is 0 Å². The summed E-state index contributed by atoms with van der Waals surface area (Å²) in [6.45, 7) is 2.20. The molecule has 13 heavy (non-hydrogen) atoms. The van der Waals surface area contributed by atoms with Crippen molar-refractivity contribution in [2.45, 2.75) is 31.7 Å². The van der Waals surface area contributed by atoms with Crippen LogP contribution >= 0.6 is 0 Å². The molecule has 1 aliphatic rings. The maximum Gasteiger partial charge on any atom is 0.145 e. The van der Waals surface area contributed by atoms with Crippen LogP contribution in [-0.2, 0) is 0 Å². The first-order valence-electron chi connectivity index (χ1n) is 4.54. The quantitative estimate of drug-likeness (QED) is 0.718. The Kier molecular flexibility index (Phi) is 1.83. The maximum absolute atomic E-state index is 5.44. The summed E-state index contributed by atoms with van der Waals surface area (Å²) in [5.74, 6) is 1.28. The van der Waals surface area contributed by atoms with E-state index in [1.54, 1.807) is 12.4 Å². The minimum absolute atomic E-state index is 0.227. The van der Waals surface area contributed by atoms with Gasteiger partial charge in [-0.05, 0) is 26.2 Å². The van der Waals surface area contributed by atoms with Gasteiger partial charge in [0, 0.05) is 5.54 Å². The Hall–Kier alpha value is -1.32. The highest BCUT2D eigenvalue weighted by molar-refractivity contribution is 5.39. The number of hydrogen-bond donors (Lipinski definition) is 2. The number of aromatic nitrogens is 2. The van der Waals surface area contributed by atoms with E-state index >= 15 is 0 Å². The van der Waals surface area contributed by atoms with E-state index in [1.165, 1.54) is 19.3 Å². The van der Waals surface area contributed by atoms with Crippen LogP contribution in [0.5, 0.6) is 0 Å². The maximum atomic E-state index is 5.44. The number of nitrogens with zero attached hydrogens (tertiary/aromatic N) is 2. The lowest BCUT2D eigenvalue weighted by atomic mass is 9.78. The summed E-state index contributed by atoms with van der Waals surface area (Å²) in [5.41, 5.74) is 5.66. The standard InChI is InChI=1S/C9H14N4/c1-9(3-2-4-9)13-8-6-11-7(10)5-12-8/h5-6H,2-4H2,1H3,(H2,10,11)(H,12,13). The van der Waals surface area contributed by atoms with Crippen molar-refractivity contribution in [1.82, 2.24) is 9.97 Å². The van der Waals surface area contributed by atoms with Gasteiger partial charge in [-0.15, -0.1) is 0 Å². The van der Waals surface area contributed by atoms with Crippen LogP contribution in [0.15, 0.2) is 12.4 Å². The van der Waals surface area contributed by atoms with E-state index in [4.69, 9.17) is 5.73 Å². The molecular formula is C9H14N4. The Morgan fingerprint density at radius 3 is 2.62 bits per heavy atom. The molecular weight excluding hydrogens is 164 g/mol. The van der Waals surface area contributed by atoms with Gasteiger partial charge in [0.1, 0.15) is 11.6 Å². The molecule has 0 saturated heterocycles. The zero-order valence-corrected chi connectivity index (χ0v) is 7.75. The van der Waals surface area contributed by atoms with Gasteiger partial charge < -0.3 is 11.1 Å². The van der Waals surface area contributed by atoms with Gasteiger partial charge >= 0.3 is 0 Å². The summed E-state index contributed by atoms with van der Waals surface area (Å²) in [7, 11) is 0. The second-order valence-corrected chi connectivity index (χ2v) is 3.87. The van der Waals surface area contributed by atoms with Gasteiger partial charge in [-0.1, -0.05) is 0 Å². The number of hydrogen-bond acceptors (Lipinski definition) is 4. The van der Waals surface area contributed by atoms with Crippen molar-refractivity contribution in [1.29, 1.82) is 0 Å². The summed E-state index contributed by atoms with van der Waals surface area (Å²) in [5, 5.41) is 3.35. The molecule has 1 heterocycles. The molecule has 0 aliphatic heterocycles. The first-order valence-corrected chi connectivity index (χ1v) is 4.54. The van der Waals surface area contributed by atoms with Crippen molar-refractivity contribution in [3.63, 3.8) is 0 Å². The van der Waals surface area contributed by atoms with Crippen molar-refractivity contribution in [2.75, 3.05) is 11.1 Å². The molecule has 4 heteroatoms. The van der Waals surface area contributed by atoms with Crippen LogP contribution in [0.4, 0.5) is 11.6 Å².